The predicted molar refractivity (Wildman–Crippen MR) is 79.2 cm³/mol. The molecule has 1 aliphatic rings. The van der Waals surface area contributed by atoms with Crippen LogP contribution in [-0.2, 0) is 0 Å². The summed E-state index contributed by atoms with van der Waals surface area (Å²) in [5.41, 5.74) is 0.605. The first kappa shape index (κ1) is 14.8. The maximum Gasteiger partial charge on any atom is 0.335 e. The van der Waals surface area contributed by atoms with Crippen molar-refractivity contribution >= 4 is 33.6 Å². The third-order valence-corrected chi connectivity index (χ3v) is 3.64. The third kappa shape index (κ3) is 3.71. The number of nitrogens with one attached hydrogen (secondary N) is 1. The van der Waals surface area contributed by atoms with Crippen molar-refractivity contribution in [2.24, 2.45) is 0 Å². The van der Waals surface area contributed by atoms with Gasteiger partial charge in [0.05, 0.1) is 5.56 Å². The number of benzene rings is 1. The van der Waals surface area contributed by atoms with E-state index >= 15 is 0 Å². The van der Waals surface area contributed by atoms with Gasteiger partial charge in [-0.15, -0.1) is 0 Å². The summed E-state index contributed by atoms with van der Waals surface area (Å²) in [7, 11) is 2.02. The summed E-state index contributed by atoms with van der Waals surface area (Å²) < 4.78 is 0.617. The van der Waals surface area contributed by atoms with Gasteiger partial charge in [0.25, 0.3) is 0 Å². The van der Waals surface area contributed by atoms with Crippen molar-refractivity contribution in [3.8, 4) is 0 Å². The fourth-order valence-corrected chi connectivity index (χ4v) is 2.49. The van der Waals surface area contributed by atoms with Gasteiger partial charge in [-0.2, -0.15) is 0 Å². The lowest BCUT2D eigenvalue weighted by Crippen LogP contribution is -2.48. The van der Waals surface area contributed by atoms with Crippen LogP contribution >= 0.6 is 15.9 Å². The Bertz CT molecular complexity index is 528. The highest BCUT2D eigenvalue weighted by Crippen LogP contribution is 2.20. The van der Waals surface area contributed by atoms with Crippen LogP contribution in [0.25, 0.3) is 0 Å². The first-order valence-corrected chi connectivity index (χ1v) is 7.03. The summed E-state index contributed by atoms with van der Waals surface area (Å²) in [4.78, 5) is 27.0. The molecular formula is C13H16BrN3O3. The number of carboxylic acid groups (broad SMARTS) is 1. The molecule has 20 heavy (non-hydrogen) atoms. The molecule has 108 valence electrons. The number of hydrogen-bond acceptors (Lipinski definition) is 3. The highest BCUT2D eigenvalue weighted by molar-refractivity contribution is 9.10. The van der Waals surface area contributed by atoms with Crippen molar-refractivity contribution in [3.63, 3.8) is 0 Å². The van der Waals surface area contributed by atoms with Gasteiger partial charge in [-0.25, -0.2) is 9.59 Å². The van der Waals surface area contributed by atoms with E-state index in [0.29, 0.717) is 23.2 Å². The topological polar surface area (TPSA) is 72.9 Å². The van der Waals surface area contributed by atoms with Gasteiger partial charge in [0.15, 0.2) is 0 Å². The van der Waals surface area contributed by atoms with Gasteiger partial charge in [0.2, 0.25) is 0 Å². The minimum atomic E-state index is -1.03. The van der Waals surface area contributed by atoms with Crippen LogP contribution in [0.4, 0.5) is 10.5 Å². The summed E-state index contributed by atoms with van der Waals surface area (Å²) in [6, 6.07) is 4.42. The molecule has 1 fully saturated rings. The van der Waals surface area contributed by atoms with Gasteiger partial charge in [-0.3, -0.25) is 0 Å². The molecular weight excluding hydrogens is 326 g/mol. The molecule has 1 saturated heterocycles. The number of anilines is 1. The average Bonchev–Trinajstić information content (AvgIpc) is 2.38. The number of carbonyl (C=O) groups is 2. The van der Waals surface area contributed by atoms with Crippen molar-refractivity contribution in [3.05, 3.63) is 28.2 Å². The second-order valence-electron chi connectivity index (χ2n) is 4.75. The van der Waals surface area contributed by atoms with E-state index in [0.717, 1.165) is 13.1 Å². The monoisotopic (exact) mass is 341 g/mol. The molecule has 0 radical (unpaired) electrons. The molecule has 6 nitrogen and oxygen atoms in total. The molecule has 0 saturated carbocycles. The van der Waals surface area contributed by atoms with Crippen LogP contribution in [0.15, 0.2) is 22.7 Å². The van der Waals surface area contributed by atoms with Crippen LogP contribution in [0.1, 0.15) is 10.4 Å². The van der Waals surface area contributed by atoms with E-state index < -0.39 is 5.97 Å². The Balaban J connectivity index is 2.06. The van der Waals surface area contributed by atoms with Crippen LogP contribution < -0.4 is 5.32 Å². The molecule has 1 heterocycles. The fraction of sp³-hybridized carbons (Fsp3) is 0.385. The molecule has 1 aliphatic heterocycles. The number of likely N-dealkylation sites (N-methyl/N-ethyl adjacent to an activating group) is 1. The number of halogens is 1. The van der Waals surface area contributed by atoms with Gasteiger partial charge in [0.1, 0.15) is 0 Å². The number of carbonyl (C=O) groups excluding carboxylic acids is 1. The zero-order valence-corrected chi connectivity index (χ0v) is 12.7. The lowest BCUT2D eigenvalue weighted by atomic mass is 10.2. The summed E-state index contributed by atoms with van der Waals surface area (Å²) in [5.74, 6) is -1.03. The van der Waals surface area contributed by atoms with E-state index in [1.165, 1.54) is 12.1 Å². The van der Waals surface area contributed by atoms with Crippen LogP contribution in [-0.4, -0.2) is 60.1 Å². The molecule has 0 bridgehead atoms. The Hall–Kier alpha value is -1.60. The van der Waals surface area contributed by atoms with Gasteiger partial charge in [-0.05, 0) is 25.2 Å². The largest absolute Gasteiger partial charge is 0.478 e. The fourth-order valence-electron chi connectivity index (χ4n) is 2.00. The molecule has 0 spiro atoms. The summed E-state index contributed by atoms with van der Waals surface area (Å²) in [6.45, 7) is 3.02. The lowest BCUT2D eigenvalue weighted by Gasteiger charge is -2.32. The number of amides is 2. The Morgan fingerprint density at radius 1 is 1.20 bits per heavy atom. The van der Waals surface area contributed by atoms with E-state index in [9.17, 15) is 9.59 Å². The highest BCUT2D eigenvalue weighted by atomic mass is 79.9. The number of rotatable bonds is 2. The standard InChI is InChI=1S/C13H16BrN3O3/c1-16-2-4-17(5-3-16)13(20)15-11-7-9(12(18)19)6-10(14)8-11/h6-8H,2-5H2,1H3,(H,15,20)(H,18,19). The van der Waals surface area contributed by atoms with Crippen molar-refractivity contribution in [2.45, 2.75) is 0 Å². The number of carboxylic acids is 1. The summed E-state index contributed by atoms with van der Waals surface area (Å²) in [6.07, 6.45) is 0. The van der Waals surface area contributed by atoms with Crippen molar-refractivity contribution in [1.29, 1.82) is 0 Å². The van der Waals surface area contributed by atoms with E-state index in [1.807, 2.05) is 7.05 Å². The van der Waals surface area contributed by atoms with Crippen LogP contribution in [0.2, 0.25) is 0 Å². The molecule has 2 amide bonds. The third-order valence-electron chi connectivity index (χ3n) is 3.19. The second-order valence-corrected chi connectivity index (χ2v) is 5.67. The van der Waals surface area contributed by atoms with E-state index in [2.05, 4.69) is 26.1 Å². The Kier molecular flexibility index (Phi) is 4.61. The Morgan fingerprint density at radius 3 is 2.45 bits per heavy atom. The second kappa shape index (κ2) is 6.23. The van der Waals surface area contributed by atoms with Crippen LogP contribution in [0.3, 0.4) is 0 Å². The summed E-state index contributed by atoms with van der Waals surface area (Å²) in [5, 5.41) is 11.7. The number of hydrogen-bond donors (Lipinski definition) is 2. The van der Waals surface area contributed by atoms with Gasteiger partial charge >= 0.3 is 12.0 Å². The SMILES string of the molecule is CN1CCN(C(=O)Nc2cc(Br)cc(C(=O)O)c2)CC1. The maximum atomic E-state index is 12.1. The zero-order chi connectivity index (χ0) is 14.7. The number of piperazine rings is 1. The molecule has 7 heteroatoms. The number of nitrogens with zero attached hydrogens (tertiary/aromatic N) is 2. The van der Waals surface area contributed by atoms with Crippen molar-refractivity contribution < 1.29 is 14.7 Å². The molecule has 1 aromatic carbocycles. The van der Waals surface area contributed by atoms with Crippen LogP contribution in [0.5, 0.6) is 0 Å². The average molecular weight is 342 g/mol. The molecule has 0 atom stereocenters. The predicted octanol–water partition coefficient (Wildman–Crippen LogP) is 1.93. The van der Waals surface area contributed by atoms with Gasteiger partial charge in [0, 0.05) is 36.3 Å². The Morgan fingerprint density at radius 2 is 1.85 bits per heavy atom. The maximum absolute atomic E-state index is 12.1. The smallest absolute Gasteiger partial charge is 0.335 e. The first-order valence-electron chi connectivity index (χ1n) is 6.24. The molecule has 1 aromatic rings. The number of urea groups is 1. The molecule has 0 aliphatic carbocycles. The molecule has 2 rings (SSSR count). The lowest BCUT2D eigenvalue weighted by molar-refractivity contribution is 0.0696. The van der Waals surface area contributed by atoms with E-state index in [-0.39, 0.29) is 11.6 Å². The summed E-state index contributed by atoms with van der Waals surface area (Å²) >= 11 is 3.24. The van der Waals surface area contributed by atoms with Crippen LogP contribution in [0, 0.1) is 0 Å². The molecule has 0 unspecified atom stereocenters. The zero-order valence-electron chi connectivity index (χ0n) is 11.1. The van der Waals surface area contributed by atoms with Gasteiger partial charge in [-0.1, -0.05) is 15.9 Å². The van der Waals surface area contributed by atoms with E-state index in [1.54, 1.807) is 11.0 Å². The van der Waals surface area contributed by atoms with Crippen molar-refractivity contribution in [1.82, 2.24) is 9.80 Å². The quantitative estimate of drug-likeness (QED) is 0.861. The Labute approximate surface area is 125 Å². The molecule has 0 aromatic heterocycles. The highest BCUT2D eigenvalue weighted by Gasteiger charge is 2.19. The molecule has 2 N–H and O–H groups in total. The normalized spacial score (nSPS) is 16.0. The minimum Gasteiger partial charge on any atom is -0.478 e. The van der Waals surface area contributed by atoms with Crippen molar-refractivity contribution in [2.75, 3.05) is 38.5 Å². The van der Waals surface area contributed by atoms with E-state index in [4.69, 9.17) is 5.11 Å². The first-order chi connectivity index (χ1) is 9.45. The van der Waals surface area contributed by atoms with Gasteiger partial charge < -0.3 is 20.2 Å². The minimum absolute atomic E-state index is 0.132. The number of aromatic carboxylic acids is 1.